The van der Waals surface area contributed by atoms with Crippen LogP contribution in [-0.2, 0) is 4.79 Å². The number of allylic oxidation sites excluding steroid dienone is 1. The van der Waals surface area contributed by atoms with Gasteiger partial charge in [0.05, 0.1) is 0 Å². The van der Waals surface area contributed by atoms with E-state index in [0.717, 1.165) is 37.0 Å². The summed E-state index contributed by atoms with van der Waals surface area (Å²) in [5.74, 6) is 4.29. The van der Waals surface area contributed by atoms with Crippen LogP contribution in [0.1, 0.15) is 122 Å². The summed E-state index contributed by atoms with van der Waals surface area (Å²) < 4.78 is 0. The minimum absolute atomic E-state index is 0.414. The van der Waals surface area contributed by atoms with Gasteiger partial charge in [-0.25, -0.2) is 0 Å². The van der Waals surface area contributed by atoms with Crippen molar-refractivity contribution in [3.63, 3.8) is 0 Å². The first kappa shape index (κ1) is 22.1. The maximum absolute atomic E-state index is 12.9. The van der Waals surface area contributed by atoms with Crippen molar-refractivity contribution < 1.29 is 4.79 Å². The summed E-state index contributed by atoms with van der Waals surface area (Å²) in [5, 5.41) is 0. The average Bonchev–Trinajstić information content (AvgIpc) is 2.75. The number of hydrogen-bond acceptors (Lipinski definition) is 1. The molecule has 0 radical (unpaired) electrons. The fraction of sp³-hybridized carbons (Fsp3) is 0.889. The van der Waals surface area contributed by atoms with Gasteiger partial charge in [-0.3, -0.25) is 4.79 Å². The van der Waals surface area contributed by atoms with E-state index in [0.29, 0.717) is 17.6 Å². The Hall–Kier alpha value is -0.590. The third-order valence-electron chi connectivity index (χ3n) is 8.59. The van der Waals surface area contributed by atoms with Gasteiger partial charge in [0, 0.05) is 12.3 Å². The second kappa shape index (κ2) is 11.6. The van der Waals surface area contributed by atoms with Crippen molar-refractivity contribution in [3.8, 4) is 0 Å². The Labute approximate surface area is 175 Å². The van der Waals surface area contributed by atoms with Gasteiger partial charge < -0.3 is 0 Å². The molecule has 3 aliphatic carbocycles. The average molecular weight is 387 g/mol. The Morgan fingerprint density at radius 3 is 2.36 bits per heavy atom. The molecule has 0 aromatic heterocycles. The molecule has 0 aliphatic heterocycles. The summed E-state index contributed by atoms with van der Waals surface area (Å²) in [7, 11) is 0. The molecule has 3 fully saturated rings. The van der Waals surface area contributed by atoms with Crippen molar-refractivity contribution in [2.75, 3.05) is 0 Å². The lowest BCUT2D eigenvalue weighted by molar-refractivity contribution is -0.127. The molecule has 0 spiro atoms. The van der Waals surface area contributed by atoms with E-state index in [4.69, 9.17) is 0 Å². The summed E-state index contributed by atoms with van der Waals surface area (Å²) in [6.45, 7) is 6.77. The van der Waals surface area contributed by atoms with Crippen LogP contribution < -0.4 is 0 Å². The predicted molar refractivity (Wildman–Crippen MR) is 120 cm³/mol. The van der Waals surface area contributed by atoms with Crippen LogP contribution in [-0.4, -0.2) is 5.78 Å². The van der Waals surface area contributed by atoms with Crippen molar-refractivity contribution in [2.45, 2.75) is 122 Å². The number of carbonyl (C=O) groups excluding carboxylic acids is 1. The van der Waals surface area contributed by atoms with Gasteiger partial charge in [-0.1, -0.05) is 83.3 Å². The molecule has 3 rings (SSSR count). The van der Waals surface area contributed by atoms with Crippen LogP contribution in [0.2, 0.25) is 0 Å². The number of hydrogen-bond donors (Lipinski definition) is 0. The number of ketones is 1. The lowest BCUT2D eigenvalue weighted by Crippen LogP contribution is -2.35. The molecule has 0 bridgehead atoms. The van der Waals surface area contributed by atoms with Crippen LogP contribution in [0.25, 0.3) is 0 Å². The van der Waals surface area contributed by atoms with Crippen LogP contribution >= 0.6 is 0 Å². The van der Waals surface area contributed by atoms with Crippen LogP contribution in [0, 0.1) is 29.6 Å². The highest BCUT2D eigenvalue weighted by molar-refractivity contribution is 5.81. The zero-order valence-electron chi connectivity index (χ0n) is 18.7. The standard InChI is InChI=1S/C27H46O/c1-21(22(2)19-20-23-12-4-3-5-13-23)11-6-9-18-27(28)26-17-10-15-24-14-7-8-16-25(24)26/h22-26H,1,3-20H2,2H3. The Balaban J connectivity index is 1.29. The zero-order chi connectivity index (χ0) is 19.8. The van der Waals surface area contributed by atoms with Crippen molar-refractivity contribution in [3.05, 3.63) is 12.2 Å². The molecule has 3 saturated carbocycles. The summed E-state index contributed by atoms with van der Waals surface area (Å²) >= 11 is 0. The summed E-state index contributed by atoms with van der Waals surface area (Å²) in [5.41, 5.74) is 1.44. The molecule has 28 heavy (non-hydrogen) atoms. The molecular weight excluding hydrogens is 340 g/mol. The number of Topliss-reactive ketones (excluding diaryl/α,β-unsaturated/α-hetero) is 1. The molecule has 0 amide bonds. The Morgan fingerprint density at radius 1 is 0.857 bits per heavy atom. The summed E-state index contributed by atoms with van der Waals surface area (Å²) in [4.78, 5) is 12.9. The Morgan fingerprint density at radius 2 is 1.54 bits per heavy atom. The summed E-state index contributed by atoms with van der Waals surface area (Å²) in [6, 6.07) is 0. The predicted octanol–water partition coefficient (Wildman–Crippen LogP) is 8.28. The molecular formula is C27H46O. The largest absolute Gasteiger partial charge is 0.299 e. The van der Waals surface area contributed by atoms with E-state index in [1.54, 1.807) is 0 Å². The molecule has 0 aromatic rings. The summed E-state index contributed by atoms with van der Waals surface area (Å²) in [6.07, 6.45) is 23.6. The molecule has 0 N–H and O–H groups in total. The fourth-order valence-electron chi connectivity index (χ4n) is 6.59. The van der Waals surface area contributed by atoms with Crippen molar-refractivity contribution >= 4 is 5.78 Å². The van der Waals surface area contributed by atoms with Crippen LogP contribution in [0.4, 0.5) is 0 Å². The van der Waals surface area contributed by atoms with Gasteiger partial charge in [-0.15, -0.1) is 0 Å². The molecule has 0 saturated heterocycles. The highest BCUT2D eigenvalue weighted by Crippen LogP contribution is 2.44. The topological polar surface area (TPSA) is 17.1 Å². The fourth-order valence-corrected chi connectivity index (χ4v) is 6.59. The molecule has 4 atom stereocenters. The first-order chi connectivity index (χ1) is 13.6. The van der Waals surface area contributed by atoms with Crippen LogP contribution in [0.15, 0.2) is 12.2 Å². The van der Waals surface area contributed by atoms with Crippen LogP contribution in [0.3, 0.4) is 0 Å². The van der Waals surface area contributed by atoms with E-state index >= 15 is 0 Å². The van der Waals surface area contributed by atoms with Crippen LogP contribution in [0.5, 0.6) is 0 Å². The third kappa shape index (κ3) is 6.46. The minimum Gasteiger partial charge on any atom is -0.299 e. The highest BCUT2D eigenvalue weighted by Gasteiger charge is 2.37. The van der Waals surface area contributed by atoms with E-state index in [1.165, 1.54) is 102 Å². The van der Waals surface area contributed by atoms with Gasteiger partial charge in [0.1, 0.15) is 5.78 Å². The van der Waals surface area contributed by atoms with E-state index < -0.39 is 0 Å². The number of rotatable bonds is 10. The Bertz CT molecular complexity index is 484. The number of fused-ring (bicyclic) bond motifs is 1. The first-order valence-corrected chi connectivity index (χ1v) is 12.9. The quantitative estimate of drug-likeness (QED) is 0.273. The van der Waals surface area contributed by atoms with E-state index in [-0.39, 0.29) is 0 Å². The van der Waals surface area contributed by atoms with Crippen molar-refractivity contribution in [2.24, 2.45) is 29.6 Å². The SMILES string of the molecule is C=C(CCCCC(=O)C1CCCC2CCCCC21)C(C)CCC1CCCCC1. The lowest BCUT2D eigenvalue weighted by atomic mass is 9.64. The van der Waals surface area contributed by atoms with Crippen molar-refractivity contribution in [1.82, 2.24) is 0 Å². The van der Waals surface area contributed by atoms with Gasteiger partial charge in [-0.05, 0) is 68.6 Å². The highest BCUT2D eigenvalue weighted by atomic mass is 16.1. The molecule has 160 valence electrons. The van der Waals surface area contributed by atoms with Crippen molar-refractivity contribution in [1.29, 1.82) is 0 Å². The maximum atomic E-state index is 12.9. The minimum atomic E-state index is 0.414. The second-order valence-electron chi connectivity index (χ2n) is 10.6. The number of unbranched alkanes of at least 4 members (excludes halogenated alkanes) is 1. The van der Waals surface area contributed by atoms with E-state index in [2.05, 4.69) is 13.5 Å². The smallest absolute Gasteiger partial charge is 0.136 e. The first-order valence-electron chi connectivity index (χ1n) is 12.9. The van der Waals surface area contributed by atoms with Gasteiger partial charge in [-0.2, -0.15) is 0 Å². The Kier molecular flexibility index (Phi) is 9.12. The monoisotopic (exact) mass is 386 g/mol. The third-order valence-corrected chi connectivity index (χ3v) is 8.59. The molecule has 0 aromatic carbocycles. The van der Waals surface area contributed by atoms with E-state index in [1.807, 2.05) is 0 Å². The maximum Gasteiger partial charge on any atom is 0.136 e. The lowest BCUT2D eigenvalue weighted by Gasteiger charge is -2.40. The molecule has 0 heterocycles. The molecule has 4 unspecified atom stereocenters. The molecule has 1 heteroatoms. The molecule has 3 aliphatic rings. The number of carbonyl (C=O) groups is 1. The van der Waals surface area contributed by atoms with Gasteiger partial charge in [0.15, 0.2) is 0 Å². The van der Waals surface area contributed by atoms with Gasteiger partial charge in [0.2, 0.25) is 0 Å². The normalized spacial score (nSPS) is 29.8. The zero-order valence-corrected chi connectivity index (χ0v) is 18.7. The molecule has 1 nitrogen and oxygen atoms in total. The van der Waals surface area contributed by atoms with Gasteiger partial charge in [0.25, 0.3) is 0 Å². The van der Waals surface area contributed by atoms with E-state index in [9.17, 15) is 4.79 Å². The van der Waals surface area contributed by atoms with Gasteiger partial charge >= 0.3 is 0 Å². The second-order valence-corrected chi connectivity index (χ2v) is 10.6.